The first-order chi connectivity index (χ1) is 45.4. The average Bonchev–Trinajstić information content (AvgIpc) is 1.61. The second-order valence-corrected chi connectivity index (χ2v) is 25.1. The Morgan fingerprint density at radius 1 is 0.415 bits per heavy atom. The van der Waals surface area contributed by atoms with Gasteiger partial charge in [0.1, 0.15) is 51.1 Å². The summed E-state index contributed by atoms with van der Waals surface area (Å²) in [7, 11) is 5.46. The van der Waals surface area contributed by atoms with E-state index in [4.69, 9.17) is 15.0 Å². The van der Waals surface area contributed by atoms with Gasteiger partial charge in [-0.25, -0.2) is 29.9 Å². The van der Waals surface area contributed by atoms with Crippen LogP contribution in [0.1, 0.15) is 134 Å². The molecule has 12 aromatic rings. The number of hydrogen-bond acceptors (Lipinski definition) is 18. The normalized spacial score (nSPS) is 20.5. The molecule has 9 N–H and O–H groups in total. The van der Waals surface area contributed by atoms with Gasteiger partial charge in [-0.2, -0.15) is 28.8 Å². The van der Waals surface area contributed by atoms with Crippen LogP contribution in [0.3, 0.4) is 0 Å². The zero-order valence-corrected chi connectivity index (χ0v) is 51.3. The lowest BCUT2D eigenvalue weighted by Crippen LogP contribution is -2.50. The van der Waals surface area contributed by atoms with Gasteiger partial charge in [0, 0.05) is 127 Å². The van der Waals surface area contributed by atoms with E-state index in [9.17, 15) is 29.7 Å². The predicted molar refractivity (Wildman–Crippen MR) is 355 cm³/mol. The molecular formula is C67H73N21O6. The van der Waals surface area contributed by atoms with Gasteiger partial charge in [0.15, 0.2) is 16.9 Å². The van der Waals surface area contributed by atoms with Crippen LogP contribution in [0.5, 0.6) is 0 Å². The van der Waals surface area contributed by atoms with Crippen molar-refractivity contribution >= 4 is 85.2 Å². The molecular weight excluding hydrogens is 1190 g/mol. The molecule has 0 bridgehead atoms. The predicted octanol–water partition coefficient (Wildman–Crippen LogP) is 7.76. The number of aliphatic hydroxyl groups is 3. The molecule has 0 spiro atoms. The SMILES string of the molecule is C.CNc1cc(-c2cn(C3CC3)c3ncccc23)nc2c(C(=O)NC3CC[C@H]3O)cnn12.CNc1cc(-c2cn(C3CC3)c3ncccc23)nc2c(C(=O)N[C@@H]3CC[C@@H]3O)cnn12.CNc1cc(-c2cn(C3CC3)c3ncccc23)nc2c(C(=O)N[C@H]3CC[C@H]3O)cnn12. The number of carbonyl (C=O) groups excluding carboxylic acids is 3. The number of aliphatic hydroxyl groups excluding tert-OH is 3. The highest BCUT2D eigenvalue weighted by molar-refractivity contribution is 6.03. The molecule has 3 amide bonds. The van der Waals surface area contributed by atoms with Crippen molar-refractivity contribution < 1.29 is 29.7 Å². The molecule has 18 rings (SSSR count). The molecule has 6 saturated carbocycles. The summed E-state index contributed by atoms with van der Waals surface area (Å²) in [5.74, 6) is 1.39. The third-order valence-corrected chi connectivity index (χ3v) is 19.0. The van der Waals surface area contributed by atoms with Crippen LogP contribution in [0, 0.1) is 0 Å². The van der Waals surface area contributed by atoms with E-state index in [2.05, 4.69) is 113 Å². The van der Waals surface area contributed by atoms with E-state index in [-0.39, 0.29) is 43.3 Å². The Hall–Kier alpha value is -10.4. The number of fused-ring (bicyclic) bond motifs is 6. The molecule has 6 aliphatic carbocycles. The highest BCUT2D eigenvalue weighted by Gasteiger charge is 2.36. The van der Waals surface area contributed by atoms with Gasteiger partial charge in [0.2, 0.25) is 0 Å². The van der Waals surface area contributed by atoms with Crippen molar-refractivity contribution in [3.63, 3.8) is 0 Å². The van der Waals surface area contributed by atoms with Crippen LogP contribution in [-0.4, -0.2) is 163 Å². The summed E-state index contributed by atoms with van der Waals surface area (Å²) < 4.78 is 11.6. The Morgan fingerprint density at radius 3 is 0.936 bits per heavy atom. The minimum absolute atomic E-state index is 0. The van der Waals surface area contributed by atoms with E-state index in [1.165, 1.54) is 18.6 Å². The Labute approximate surface area is 538 Å². The minimum atomic E-state index is -0.483. The summed E-state index contributed by atoms with van der Waals surface area (Å²) in [5, 5.41) is 63.9. The first-order valence-electron chi connectivity index (χ1n) is 32.0. The number of pyridine rings is 3. The summed E-state index contributed by atoms with van der Waals surface area (Å²) in [6.07, 6.45) is 26.4. The van der Waals surface area contributed by atoms with Crippen LogP contribution < -0.4 is 31.9 Å². The summed E-state index contributed by atoms with van der Waals surface area (Å²) >= 11 is 0. The molecule has 94 heavy (non-hydrogen) atoms. The molecule has 12 aromatic heterocycles. The van der Waals surface area contributed by atoms with E-state index >= 15 is 0 Å². The summed E-state index contributed by atoms with van der Waals surface area (Å²) in [5.41, 5.74) is 10.7. The largest absolute Gasteiger partial charge is 0.391 e. The fourth-order valence-electron chi connectivity index (χ4n) is 12.8. The van der Waals surface area contributed by atoms with E-state index < -0.39 is 18.3 Å². The van der Waals surface area contributed by atoms with Gasteiger partial charge in [-0.05, 0) is 113 Å². The molecule has 27 heteroatoms. The lowest BCUT2D eigenvalue weighted by Gasteiger charge is -2.32. The van der Waals surface area contributed by atoms with Crippen LogP contribution in [0.4, 0.5) is 17.5 Å². The number of anilines is 3. The number of carbonyl (C=O) groups is 3. The number of nitrogens with one attached hydrogen (secondary N) is 6. The van der Waals surface area contributed by atoms with Crippen LogP contribution in [0.2, 0.25) is 0 Å². The molecule has 6 fully saturated rings. The maximum atomic E-state index is 12.9. The number of aromatic nitrogens is 15. The van der Waals surface area contributed by atoms with Gasteiger partial charge < -0.3 is 60.9 Å². The number of nitrogens with zero attached hydrogens (tertiary/aromatic N) is 15. The summed E-state index contributed by atoms with van der Waals surface area (Å²) in [6, 6.07) is 18.6. The minimum Gasteiger partial charge on any atom is -0.391 e. The van der Waals surface area contributed by atoms with Crippen LogP contribution >= 0.6 is 0 Å². The van der Waals surface area contributed by atoms with E-state index in [1.54, 1.807) is 13.5 Å². The van der Waals surface area contributed by atoms with E-state index in [0.717, 1.165) is 142 Å². The van der Waals surface area contributed by atoms with Crippen molar-refractivity contribution in [2.24, 2.45) is 0 Å². The van der Waals surface area contributed by atoms with Crippen LogP contribution in [-0.2, 0) is 0 Å². The molecule has 482 valence electrons. The molecule has 0 aliphatic heterocycles. The average molecular weight is 1270 g/mol. The molecule has 0 aromatic carbocycles. The standard InChI is InChI=1S/3C22H23N7O2.CH4/c3*1-23-19-9-17(15-11-28(12-4-5-12)20-13(15)3-2-8-24-20)26-21-14(10-25-29(19)21)22(31)27-16-6-7-18(16)30;/h3*2-3,8-12,16,18,23,30H,4-7H2,1H3,(H,27,31);1H4/t16?,18-;2*16-,18+;/m110./s1. The third-order valence-electron chi connectivity index (χ3n) is 19.0. The van der Waals surface area contributed by atoms with E-state index in [0.29, 0.717) is 71.0 Å². The second-order valence-electron chi connectivity index (χ2n) is 25.1. The Balaban J connectivity index is 0.000000116. The molecule has 6 aliphatic rings. The first kappa shape index (κ1) is 59.9. The highest BCUT2D eigenvalue weighted by Crippen LogP contribution is 2.44. The van der Waals surface area contributed by atoms with Crippen molar-refractivity contribution in [3.05, 3.63) is 127 Å². The molecule has 6 atom stereocenters. The van der Waals surface area contributed by atoms with Crippen LogP contribution in [0.15, 0.2) is 110 Å². The molecule has 27 nitrogen and oxygen atoms in total. The molecule has 1 unspecified atom stereocenters. The van der Waals surface area contributed by atoms with Crippen molar-refractivity contribution in [2.75, 3.05) is 37.1 Å². The molecule has 12 heterocycles. The summed E-state index contributed by atoms with van der Waals surface area (Å²) in [4.78, 5) is 67.0. The Morgan fingerprint density at radius 2 is 0.702 bits per heavy atom. The number of amides is 3. The van der Waals surface area contributed by atoms with Gasteiger partial charge in [0.05, 0.1) is 72.1 Å². The first-order valence-corrected chi connectivity index (χ1v) is 32.0. The van der Waals surface area contributed by atoms with Crippen molar-refractivity contribution in [3.8, 4) is 33.8 Å². The van der Waals surface area contributed by atoms with Gasteiger partial charge in [-0.1, -0.05) is 7.43 Å². The Bertz CT molecular complexity index is 4450. The third kappa shape index (κ3) is 10.6. The van der Waals surface area contributed by atoms with E-state index in [1.807, 2.05) is 76.1 Å². The lowest BCUT2D eigenvalue weighted by molar-refractivity contribution is 0.0448. The van der Waals surface area contributed by atoms with Crippen LogP contribution in [0.25, 0.3) is 83.8 Å². The maximum Gasteiger partial charge on any atom is 0.257 e. The zero-order chi connectivity index (χ0) is 63.3. The van der Waals surface area contributed by atoms with Gasteiger partial charge in [-0.15, -0.1) is 0 Å². The monoisotopic (exact) mass is 1270 g/mol. The quantitative estimate of drug-likeness (QED) is 0.0473. The smallest absolute Gasteiger partial charge is 0.257 e. The topological polar surface area (TPSA) is 328 Å². The lowest BCUT2D eigenvalue weighted by atomic mass is 9.89. The zero-order valence-electron chi connectivity index (χ0n) is 51.3. The fourth-order valence-corrected chi connectivity index (χ4v) is 12.8. The van der Waals surface area contributed by atoms with Crippen molar-refractivity contribution in [2.45, 2.75) is 139 Å². The maximum absolute atomic E-state index is 12.9. The van der Waals surface area contributed by atoms with Crippen molar-refractivity contribution in [1.29, 1.82) is 0 Å². The number of hydrogen-bond donors (Lipinski definition) is 9. The van der Waals surface area contributed by atoms with Gasteiger partial charge in [-0.3, -0.25) is 14.4 Å². The Kier molecular flexibility index (Phi) is 15.3. The summed E-state index contributed by atoms with van der Waals surface area (Å²) in [6.45, 7) is 0. The highest BCUT2D eigenvalue weighted by atomic mass is 16.3. The fraction of sp³-hybridized carbons (Fsp3) is 0.373. The molecule has 0 saturated heterocycles. The van der Waals surface area contributed by atoms with Gasteiger partial charge in [0.25, 0.3) is 17.7 Å². The second kappa shape index (κ2) is 23.9. The van der Waals surface area contributed by atoms with Crippen molar-refractivity contribution in [1.82, 2.24) is 88.4 Å². The molecule has 0 radical (unpaired) electrons. The van der Waals surface area contributed by atoms with Gasteiger partial charge >= 0.3 is 0 Å². The number of rotatable bonds is 15.